The van der Waals surface area contributed by atoms with Crippen LogP contribution >= 0.6 is 23.2 Å². The average molecular weight is 412 g/mol. The number of carbonyl (C=O) groups is 1. The highest BCUT2D eigenvalue weighted by atomic mass is 35.5. The first-order valence-electron chi connectivity index (χ1n) is 8.46. The van der Waals surface area contributed by atoms with Gasteiger partial charge in [0.2, 0.25) is 5.91 Å². The van der Waals surface area contributed by atoms with Gasteiger partial charge in [0.25, 0.3) is 0 Å². The molecule has 0 saturated carbocycles. The number of halogens is 2. The molecule has 1 aromatic heterocycles. The van der Waals surface area contributed by atoms with E-state index in [9.17, 15) is 14.9 Å². The highest BCUT2D eigenvalue weighted by molar-refractivity contribution is 6.35. The van der Waals surface area contributed by atoms with Crippen LogP contribution in [0.15, 0.2) is 24.4 Å². The molecule has 0 bridgehead atoms. The predicted molar refractivity (Wildman–Crippen MR) is 102 cm³/mol. The number of piperazine rings is 1. The third kappa shape index (κ3) is 4.58. The third-order valence-electron chi connectivity index (χ3n) is 4.58. The SMILES string of the molecule is Cc1nn(CC(=O)N2CCN(Cc3c(Cl)cccc3Cl)CC2)cc1[N+](=O)[O-]. The van der Waals surface area contributed by atoms with Crippen LogP contribution in [0.5, 0.6) is 0 Å². The quantitative estimate of drug-likeness (QED) is 0.557. The molecule has 1 saturated heterocycles. The van der Waals surface area contributed by atoms with Gasteiger partial charge < -0.3 is 4.90 Å². The van der Waals surface area contributed by atoms with Crippen LogP contribution < -0.4 is 0 Å². The lowest BCUT2D eigenvalue weighted by atomic mass is 10.2. The lowest BCUT2D eigenvalue weighted by Crippen LogP contribution is -2.49. The van der Waals surface area contributed by atoms with Crippen LogP contribution in [0, 0.1) is 17.0 Å². The standard InChI is InChI=1S/C17H19Cl2N5O3/c1-12-16(24(26)27)10-23(20-12)11-17(25)22-7-5-21(6-8-22)9-13-14(18)3-2-4-15(13)19/h2-4,10H,5-9,11H2,1H3. The van der Waals surface area contributed by atoms with Crippen molar-refractivity contribution in [1.82, 2.24) is 19.6 Å². The molecule has 2 aromatic rings. The van der Waals surface area contributed by atoms with Gasteiger partial charge >= 0.3 is 5.69 Å². The van der Waals surface area contributed by atoms with E-state index in [4.69, 9.17) is 23.2 Å². The van der Waals surface area contributed by atoms with Crippen molar-refractivity contribution in [3.8, 4) is 0 Å². The Bertz CT molecular complexity index is 842. The summed E-state index contributed by atoms with van der Waals surface area (Å²) in [5, 5.41) is 16.2. The number of amides is 1. The summed E-state index contributed by atoms with van der Waals surface area (Å²) < 4.78 is 1.33. The van der Waals surface area contributed by atoms with Crippen molar-refractivity contribution >= 4 is 34.8 Å². The number of nitro groups is 1. The maximum absolute atomic E-state index is 12.5. The Morgan fingerprint density at radius 1 is 1.22 bits per heavy atom. The molecule has 1 aliphatic heterocycles. The zero-order valence-electron chi connectivity index (χ0n) is 14.8. The Morgan fingerprint density at radius 3 is 2.41 bits per heavy atom. The van der Waals surface area contributed by atoms with E-state index < -0.39 is 4.92 Å². The van der Waals surface area contributed by atoms with E-state index in [2.05, 4.69) is 10.00 Å². The Morgan fingerprint density at radius 2 is 1.85 bits per heavy atom. The van der Waals surface area contributed by atoms with Gasteiger partial charge in [0.1, 0.15) is 18.4 Å². The van der Waals surface area contributed by atoms with Gasteiger partial charge in [-0.3, -0.25) is 24.5 Å². The molecule has 27 heavy (non-hydrogen) atoms. The lowest BCUT2D eigenvalue weighted by molar-refractivity contribution is -0.385. The minimum Gasteiger partial charge on any atom is -0.339 e. The maximum atomic E-state index is 12.5. The largest absolute Gasteiger partial charge is 0.339 e. The van der Waals surface area contributed by atoms with E-state index in [1.54, 1.807) is 11.8 Å². The Labute approximate surface area is 166 Å². The minimum absolute atomic E-state index is 0.00891. The van der Waals surface area contributed by atoms with E-state index in [1.807, 2.05) is 18.2 Å². The van der Waals surface area contributed by atoms with Gasteiger partial charge in [-0.15, -0.1) is 0 Å². The van der Waals surface area contributed by atoms with Crippen molar-refractivity contribution in [2.24, 2.45) is 0 Å². The zero-order chi connectivity index (χ0) is 19.6. The molecular weight excluding hydrogens is 393 g/mol. The number of aryl methyl sites for hydroxylation is 1. The minimum atomic E-state index is -0.498. The number of rotatable bonds is 5. The Kier molecular flexibility index (Phi) is 5.98. The van der Waals surface area contributed by atoms with E-state index >= 15 is 0 Å². The molecule has 0 atom stereocenters. The van der Waals surface area contributed by atoms with Crippen molar-refractivity contribution in [3.63, 3.8) is 0 Å². The summed E-state index contributed by atoms with van der Waals surface area (Å²) in [6.07, 6.45) is 1.29. The summed E-state index contributed by atoms with van der Waals surface area (Å²) in [5.74, 6) is -0.108. The molecular formula is C17H19Cl2N5O3. The summed E-state index contributed by atoms with van der Waals surface area (Å²) in [6.45, 7) is 4.72. The molecule has 1 aliphatic rings. The van der Waals surface area contributed by atoms with Crippen molar-refractivity contribution in [2.75, 3.05) is 26.2 Å². The van der Waals surface area contributed by atoms with Gasteiger partial charge in [-0.25, -0.2) is 0 Å². The third-order valence-corrected chi connectivity index (χ3v) is 5.29. The number of aromatic nitrogens is 2. The smallest absolute Gasteiger partial charge is 0.309 e. The van der Waals surface area contributed by atoms with Gasteiger partial charge in [-0.2, -0.15) is 5.10 Å². The lowest BCUT2D eigenvalue weighted by Gasteiger charge is -2.35. The van der Waals surface area contributed by atoms with Gasteiger partial charge in [0, 0.05) is 48.3 Å². The van der Waals surface area contributed by atoms with Crippen LogP contribution in [0.1, 0.15) is 11.3 Å². The fourth-order valence-corrected chi connectivity index (χ4v) is 3.59. The van der Waals surface area contributed by atoms with E-state index in [0.29, 0.717) is 48.5 Å². The first kappa shape index (κ1) is 19.6. The molecule has 144 valence electrons. The molecule has 1 aromatic carbocycles. The van der Waals surface area contributed by atoms with Crippen LogP contribution in [0.25, 0.3) is 0 Å². The maximum Gasteiger partial charge on any atom is 0.309 e. The number of nitrogens with zero attached hydrogens (tertiary/aromatic N) is 5. The molecule has 0 aliphatic carbocycles. The summed E-state index contributed by atoms with van der Waals surface area (Å²) in [4.78, 5) is 26.8. The first-order chi connectivity index (χ1) is 12.8. The molecule has 1 fully saturated rings. The van der Waals surface area contributed by atoms with Crippen molar-refractivity contribution in [3.05, 3.63) is 55.8 Å². The molecule has 0 spiro atoms. The van der Waals surface area contributed by atoms with Gasteiger partial charge in [-0.05, 0) is 19.1 Å². The molecule has 0 radical (unpaired) electrons. The highest BCUT2D eigenvalue weighted by Crippen LogP contribution is 2.26. The monoisotopic (exact) mass is 411 g/mol. The molecule has 3 rings (SSSR count). The van der Waals surface area contributed by atoms with Crippen molar-refractivity contribution in [2.45, 2.75) is 20.0 Å². The van der Waals surface area contributed by atoms with E-state index in [0.717, 1.165) is 5.56 Å². The second-order valence-corrected chi connectivity index (χ2v) is 7.23. The molecule has 10 heteroatoms. The highest BCUT2D eigenvalue weighted by Gasteiger charge is 2.24. The average Bonchev–Trinajstić information content (AvgIpc) is 2.99. The van der Waals surface area contributed by atoms with Gasteiger partial charge in [-0.1, -0.05) is 29.3 Å². The molecule has 8 nitrogen and oxygen atoms in total. The molecule has 1 amide bonds. The van der Waals surface area contributed by atoms with E-state index in [1.165, 1.54) is 10.9 Å². The second-order valence-electron chi connectivity index (χ2n) is 6.41. The van der Waals surface area contributed by atoms with Crippen LogP contribution in [-0.4, -0.2) is 56.6 Å². The number of benzene rings is 1. The van der Waals surface area contributed by atoms with Crippen LogP contribution in [0.3, 0.4) is 0 Å². The normalized spacial score (nSPS) is 15.1. The number of hydrogen-bond donors (Lipinski definition) is 0. The second kappa shape index (κ2) is 8.24. The van der Waals surface area contributed by atoms with Gasteiger partial charge in [0.05, 0.1) is 4.92 Å². The number of carbonyl (C=O) groups excluding carboxylic acids is 1. The van der Waals surface area contributed by atoms with E-state index in [-0.39, 0.29) is 18.1 Å². The fraction of sp³-hybridized carbons (Fsp3) is 0.412. The fourth-order valence-electron chi connectivity index (χ4n) is 3.07. The van der Waals surface area contributed by atoms with Crippen molar-refractivity contribution < 1.29 is 9.72 Å². The summed E-state index contributed by atoms with van der Waals surface area (Å²) >= 11 is 12.4. The summed E-state index contributed by atoms with van der Waals surface area (Å²) in [6, 6.07) is 5.44. The zero-order valence-corrected chi connectivity index (χ0v) is 16.3. The molecule has 0 N–H and O–H groups in total. The van der Waals surface area contributed by atoms with Crippen LogP contribution in [0.4, 0.5) is 5.69 Å². The van der Waals surface area contributed by atoms with Crippen molar-refractivity contribution in [1.29, 1.82) is 0 Å². The topological polar surface area (TPSA) is 84.5 Å². The Hall–Kier alpha value is -2.16. The summed E-state index contributed by atoms with van der Waals surface area (Å²) in [7, 11) is 0. The molecule has 0 unspecified atom stereocenters. The first-order valence-corrected chi connectivity index (χ1v) is 9.22. The molecule has 2 heterocycles. The van der Waals surface area contributed by atoms with Crippen LogP contribution in [-0.2, 0) is 17.9 Å². The Balaban J connectivity index is 1.55. The predicted octanol–water partition coefficient (Wildman–Crippen LogP) is 2.75. The summed E-state index contributed by atoms with van der Waals surface area (Å²) in [5.41, 5.74) is 1.11. The number of hydrogen-bond acceptors (Lipinski definition) is 5. The van der Waals surface area contributed by atoms with Crippen LogP contribution in [0.2, 0.25) is 10.0 Å². The van der Waals surface area contributed by atoms with Gasteiger partial charge in [0.15, 0.2) is 0 Å².